The molecule has 3 aliphatic rings. The van der Waals surface area contributed by atoms with Gasteiger partial charge in [0.2, 0.25) is 0 Å². The predicted molar refractivity (Wildman–Crippen MR) is 517 cm³/mol. The van der Waals surface area contributed by atoms with E-state index in [9.17, 15) is 70.8 Å². The third kappa shape index (κ3) is 65.1. The molecule has 7 aromatic rings. The molecule has 698 valence electrons. The summed E-state index contributed by atoms with van der Waals surface area (Å²) in [7, 11) is 13.4. The number of carbonyl (C=O) groups excluding carboxylic acids is 10. The van der Waals surface area contributed by atoms with Crippen LogP contribution in [-0.2, 0) is 107 Å². The number of aliphatic hydroxyl groups excluding tert-OH is 1. The van der Waals surface area contributed by atoms with Crippen LogP contribution in [0.4, 0.5) is 0 Å². The number of aliphatic hydroxyl groups is 1. The Bertz CT molecular complexity index is 4500. The fraction of sp³-hybridized carbons (Fsp3) is 0.411. The number of carbonyl (C=O) groups is 11. The molecule has 7 aromatic carbocycles. The average Bonchev–Trinajstić information content (AvgIpc) is 1.62. The minimum absolute atomic E-state index is 0. The van der Waals surface area contributed by atoms with Crippen LogP contribution in [0.5, 0.6) is 0 Å². The first kappa shape index (κ1) is 126. The monoisotopic (exact) mass is 2450 g/mol. The van der Waals surface area contributed by atoms with Crippen LogP contribution in [0.25, 0.3) is 0 Å². The number of hydrogen-bond acceptors (Lipinski definition) is 22. The molecule has 0 bridgehead atoms. The second-order valence-electron chi connectivity index (χ2n) is 29.4. The number of benzene rings is 7. The number of aliphatic carboxylic acids is 1. The van der Waals surface area contributed by atoms with Gasteiger partial charge in [0.1, 0.15) is 36.4 Å². The van der Waals surface area contributed by atoms with E-state index in [2.05, 4.69) is 145 Å². The Hall–Kier alpha value is -3.66. The molecule has 2 heterocycles. The smallest absolute Gasteiger partial charge is 1.00 e. The Morgan fingerprint density at radius 1 is 0.516 bits per heavy atom. The number of hydrogen-bond donors (Lipinski definition) is 2. The number of aldehydes is 1. The Balaban J connectivity index is 0. The van der Waals surface area contributed by atoms with Crippen LogP contribution in [0.1, 0.15) is 219 Å². The van der Waals surface area contributed by atoms with E-state index in [1.54, 1.807) is 119 Å². The van der Waals surface area contributed by atoms with Gasteiger partial charge in [-0.2, -0.15) is 0 Å². The number of rotatable bonds is 29. The molecule has 38 heteroatoms. The Labute approximate surface area is 869 Å². The SMILES string of the molecule is Brc1ccccc1.CC(C)OC(=O)CCC(=O)c1ccc(Br)cc1.CC(C)OC(=O)CCC(C=O)c1ccc(Br)cc1.CC(C)OC(=O)CCC(c1ccc(Br)cc1)C(O)OS(=O)[O-].CC(C)OC(=O)CCC1(c2ccc(Br)cc2)CO1.C[S+](C)(C)=O.O=C(O)CCC(=O)c1ccc(Br)cc1.O=C1CCC(=O)O1.O=C1CCC(c2ccc(Br)cc2)CC1.[Cl][Al]([Cl])[Cl].[I-].[Na+]. The quantitative estimate of drug-likeness (QED) is 0.00376. The maximum absolute atomic E-state index is 11.7. The van der Waals surface area contributed by atoms with Crippen LogP contribution < -0.4 is 53.5 Å². The molecule has 10 rings (SSSR count). The van der Waals surface area contributed by atoms with Gasteiger partial charge in [-0.05, 0) is 201 Å². The summed E-state index contributed by atoms with van der Waals surface area (Å²) in [6.07, 6.45) is 10.4. The molecule has 128 heavy (non-hydrogen) atoms. The summed E-state index contributed by atoms with van der Waals surface area (Å²) in [5.74, 6) is -2.96. The van der Waals surface area contributed by atoms with Crippen molar-refractivity contribution in [2.24, 2.45) is 0 Å². The molecule has 2 saturated heterocycles. The number of ketones is 3. The van der Waals surface area contributed by atoms with Gasteiger partial charge >= 0.3 is 82.7 Å². The summed E-state index contributed by atoms with van der Waals surface area (Å²) >= 11 is 18.8. The number of Topliss-reactive ketones (excluding diaryl/α,β-unsaturated/α-hetero) is 3. The molecule has 0 radical (unpaired) electrons. The summed E-state index contributed by atoms with van der Waals surface area (Å²) in [4.78, 5) is 121. The van der Waals surface area contributed by atoms with Crippen molar-refractivity contribution in [1.29, 1.82) is 0 Å². The van der Waals surface area contributed by atoms with Crippen molar-refractivity contribution in [3.05, 3.63) is 241 Å². The Kier molecular flexibility index (Phi) is 70.0. The van der Waals surface area contributed by atoms with Gasteiger partial charge in [0.25, 0.3) is 0 Å². The number of ether oxygens (including phenoxy) is 6. The first-order valence-corrected chi connectivity index (χ1v) is 54.1. The Morgan fingerprint density at radius 3 is 1.17 bits per heavy atom. The fourth-order valence-corrected chi connectivity index (χ4v) is 12.8. The zero-order chi connectivity index (χ0) is 95.2. The van der Waals surface area contributed by atoms with Crippen molar-refractivity contribution in [3.8, 4) is 0 Å². The topological polar surface area (TPSA) is 353 Å². The summed E-state index contributed by atoms with van der Waals surface area (Å²) in [6.45, 7) is 15.1. The van der Waals surface area contributed by atoms with Gasteiger partial charge in [-0.15, -0.1) is 4.21 Å². The normalized spacial score (nSPS) is 14.2. The van der Waals surface area contributed by atoms with Gasteiger partial charge in [0.05, 0.1) is 78.0 Å². The summed E-state index contributed by atoms with van der Waals surface area (Å²) in [6, 6.07) is 54.9. The zero-order valence-corrected chi connectivity index (χ0v) is 93.3. The van der Waals surface area contributed by atoms with Crippen molar-refractivity contribution in [2.75, 3.05) is 25.4 Å². The van der Waals surface area contributed by atoms with Gasteiger partial charge in [0, 0.05) is 99.2 Å². The second-order valence-corrected chi connectivity index (χ2v) is 46.3. The van der Waals surface area contributed by atoms with Crippen molar-refractivity contribution in [3.63, 3.8) is 0 Å². The minimum atomic E-state index is -2.84. The van der Waals surface area contributed by atoms with Crippen LogP contribution in [0.3, 0.4) is 0 Å². The first-order valence-electron chi connectivity index (χ1n) is 39.5. The number of epoxide rings is 1. The summed E-state index contributed by atoms with van der Waals surface area (Å²) in [5.41, 5.74) is 4.99. The Morgan fingerprint density at radius 2 is 0.844 bits per heavy atom. The van der Waals surface area contributed by atoms with E-state index in [-0.39, 0.29) is 177 Å². The average molecular weight is 2460 g/mol. The maximum atomic E-state index is 11.7. The maximum Gasteiger partial charge on any atom is 1.00 e. The van der Waals surface area contributed by atoms with E-state index >= 15 is 0 Å². The number of halogens is 11. The molecule has 0 amide bonds. The van der Waals surface area contributed by atoms with Crippen LogP contribution in [-0.4, -0.2) is 152 Å². The fourth-order valence-electron chi connectivity index (χ4n) is 10.6. The van der Waals surface area contributed by atoms with E-state index in [4.69, 9.17) is 58.9 Å². The molecule has 2 aliphatic heterocycles. The van der Waals surface area contributed by atoms with E-state index in [1.165, 1.54) is 5.56 Å². The standard InChI is InChI=1S/C14H19BrO6S.2C14H17BrO3.C13H15BrO3.C12H13BrO.C10H9BrO3.C6H5Br.C4H4O3.C3H9OS.Al.3ClH.HI.Na/c1-9(2)20-13(16)8-7-12(14(17)21-22(18)19)10-3-5-11(15)6-4-10;1-10(2)18-13(16)7-8-14(9-17-14)11-3-5-12(15)6-4-11;1-10(2)18-14(17)8-5-12(9-16)11-3-6-13(15)7-4-11;1-9(2)17-13(16)8-7-12(15)10-3-5-11(14)6-4-10;13-11-5-1-9(2-6-11)10-3-7-12(14)8-4-10;11-8-3-1-7(2-4-8)9(12)5-6-10(13)14;7-6-4-2-1-3-5-6;5-3-1-2-4(6)7-3;1-5(2,3)4;;;;;;/h3-6,9,12,14,17H,7-8H2,1-2H3,(H,18,19);3-6,10H,7-9H2,1-2H3;3-4,6-7,9-10,12H,5,8H2,1-2H3;3-6,9H,7-8H2,1-2H3;1-2,5-6,10H,3-4,7-8H2;1-4H,5-6H2,(H,13,14);1-5H;1-2H2;1-3H3;;4*1H;/q;;;;;;;;+1;+3;;;;;+1/p-5. The molecule has 0 spiro atoms. The number of carboxylic acid groups (broad SMARTS) is 1. The minimum Gasteiger partial charge on any atom is -1.00 e. The van der Waals surface area contributed by atoms with Gasteiger partial charge in [-0.25, -0.2) is 34.4 Å². The largest absolute Gasteiger partial charge is 1.00 e. The number of esters is 6. The third-order valence-electron chi connectivity index (χ3n) is 16.5. The van der Waals surface area contributed by atoms with Crippen molar-refractivity contribution >= 4 is 240 Å². The zero-order valence-electron chi connectivity index (χ0n) is 73.0. The summed E-state index contributed by atoms with van der Waals surface area (Å²) in [5, 5.41) is 18.3. The van der Waals surface area contributed by atoms with Gasteiger partial charge < -0.3 is 72.0 Å². The third-order valence-corrected chi connectivity index (χ3v) is 20.6. The second kappa shape index (κ2) is 70.9. The van der Waals surface area contributed by atoms with E-state index in [1.807, 2.05) is 107 Å². The van der Waals surface area contributed by atoms with E-state index in [0.29, 0.717) is 54.3 Å². The number of carboxylic acids is 1. The van der Waals surface area contributed by atoms with Crippen LogP contribution in [0.15, 0.2) is 207 Å². The molecule has 0 aromatic heterocycles. The van der Waals surface area contributed by atoms with Crippen LogP contribution in [0.2, 0.25) is 0 Å². The van der Waals surface area contributed by atoms with Gasteiger partial charge in [-0.1, -0.05) is 203 Å². The molecule has 1 aliphatic carbocycles. The molecule has 5 atom stereocenters. The van der Waals surface area contributed by atoms with Crippen molar-refractivity contribution in [1.82, 2.24) is 0 Å². The molecular weight excluding hydrogens is 2360 g/mol. The van der Waals surface area contributed by atoms with Crippen LogP contribution in [0, 0.1) is 0 Å². The van der Waals surface area contributed by atoms with Crippen molar-refractivity contribution < 1.29 is 162 Å². The molecule has 1 saturated carbocycles. The molecule has 3 fully saturated rings. The van der Waals surface area contributed by atoms with Gasteiger partial charge in [-0.3, -0.25) is 52.1 Å². The van der Waals surface area contributed by atoms with Gasteiger partial charge in [0.15, 0.2) is 17.9 Å². The predicted octanol–water partition coefficient (Wildman–Crippen LogP) is 17.2. The number of cyclic esters (lactones) is 2. The summed E-state index contributed by atoms with van der Waals surface area (Å²) < 4.78 is 72.5. The molecule has 2 N–H and O–H groups in total. The van der Waals surface area contributed by atoms with Crippen molar-refractivity contribution in [2.45, 2.75) is 212 Å². The molecular formula is C90H107AlBr7Cl3INaO23S2. The first-order chi connectivity index (χ1) is 59.1. The molecule has 23 nitrogen and oxygen atoms in total. The van der Waals surface area contributed by atoms with Crippen LogP contribution >= 0.6 is 142 Å². The molecule has 5 unspecified atom stereocenters. The van der Waals surface area contributed by atoms with E-state index in [0.717, 1.165) is 74.4 Å². The van der Waals surface area contributed by atoms with E-state index < -0.39 is 68.8 Å².